The molecule has 0 radical (unpaired) electrons. The standard InChI is InChI=1S/C19H31N5O2/c1-15(2)20-18(25)13-23-9-11-24(12-10-23)14-19(26)21-16-5-7-17(8-6-16)22(3)4/h5-8,15H,9-14H2,1-4H3,(H,20,25)(H,21,26). The third kappa shape index (κ3) is 6.65. The van der Waals surface area contributed by atoms with E-state index in [1.807, 2.05) is 57.1 Å². The summed E-state index contributed by atoms with van der Waals surface area (Å²) in [6.07, 6.45) is 0. The van der Waals surface area contributed by atoms with Gasteiger partial charge in [-0.15, -0.1) is 0 Å². The molecule has 1 fully saturated rings. The highest BCUT2D eigenvalue weighted by atomic mass is 16.2. The van der Waals surface area contributed by atoms with Gasteiger partial charge in [-0.3, -0.25) is 19.4 Å². The van der Waals surface area contributed by atoms with Crippen LogP contribution in [0, 0.1) is 0 Å². The average molecular weight is 361 g/mol. The van der Waals surface area contributed by atoms with Gasteiger partial charge in [0, 0.05) is 57.7 Å². The van der Waals surface area contributed by atoms with Crippen molar-refractivity contribution in [2.45, 2.75) is 19.9 Å². The number of anilines is 2. The Hall–Kier alpha value is -2.12. The number of carbonyl (C=O) groups is 2. The Morgan fingerprint density at radius 3 is 1.92 bits per heavy atom. The minimum absolute atomic E-state index is 0.00592. The number of nitrogens with zero attached hydrogens (tertiary/aromatic N) is 3. The molecule has 1 aromatic rings. The van der Waals surface area contributed by atoms with Gasteiger partial charge in [0.1, 0.15) is 0 Å². The van der Waals surface area contributed by atoms with Gasteiger partial charge in [-0.25, -0.2) is 0 Å². The first-order valence-corrected chi connectivity index (χ1v) is 9.15. The molecule has 144 valence electrons. The first kappa shape index (κ1) is 20.2. The Labute approximate surface area is 156 Å². The third-order valence-corrected chi connectivity index (χ3v) is 4.32. The Bertz CT molecular complexity index is 592. The predicted molar refractivity (Wildman–Crippen MR) is 106 cm³/mol. The minimum atomic E-state index is -0.00592. The molecule has 0 bridgehead atoms. The summed E-state index contributed by atoms with van der Waals surface area (Å²) in [5.74, 6) is 0.0565. The summed E-state index contributed by atoms with van der Waals surface area (Å²) in [5, 5.41) is 5.85. The number of benzene rings is 1. The minimum Gasteiger partial charge on any atom is -0.378 e. The molecule has 0 aliphatic carbocycles. The summed E-state index contributed by atoms with van der Waals surface area (Å²) < 4.78 is 0. The second kappa shape index (κ2) is 9.54. The average Bonchev–Trinajstić information content (AvgIpc) is 2.56. The van der Waals surface area contributed by atoms with Crippen LogP contribution < -0.4 is 15.5 Å². The van der Waals surface area contributed by atoms with Crippen LogP contribution in [-0.4, -0.2) is 81.0 Å². The summed E-state index contributed by atoms with van der Waals surface area (Å²) in [4.78, 5) is 30.3. The molecule has 1 aliphatic rings. The van der Waals surface area contributed by atoms with Gasteiger partial charge in [-0.05, 0) is 38.1 Å². The number of piperazine rings is 1. The molecule has 0 atom stereocenters. The van der Waals surface area contributed by atoms with Crippen molar-refractivity contribution in [3.8, 4) is 0 Å². The third-order valence-electron chi connectivity index (χ3n) is 4.32. The molecule has 0 aromatic heterocycles. The fourth-order valence-corrected chi connectivity index (χ4v) is 2.92. The van der Waals surface area contributed by atoms with Crippen LogP contribution >= 0.6 is 0 Å². The van der Waals surface area contributed by atoms with Gasteiger partial charge < -0.3 is 15.5 Å². The number of hydrogen-bond donors (Lipinski definition) is 2. The molecule has 2 rings (SSSR count). The number of carbonyl (C=O) groups excluding carboxylic acids is 2. The molecule has 1 saturated heterocycles. The van der Waals surface area contributed by atoms with Crippen molar-refractivity contribution in [3.63, 3.8) is 0 Å². The molecule has 1 aromatic carbocycles. The maximum Gasteiger partial charge on any atom is 0.238 e. The zero-order valence-electron chi connectivity index (χ0n) is 16.3. The molecular formula is C19H31N5O2. The molecule has 26 heavy (non-hydrogen) atoms. The summed E-state index contributed by atoms with van der Waals surface area (Å²) in [6.45, 7) is 7.92. The van der Waals surface area contributed by atoms with Gasteiger partial charge in [0.25, 0.3) is 0 Å². The van der Waals surface area contributed by atoms with E-state index in [0.717, 1.165) is 37.6 Å². The van der Waals surface area contributed by atoms with E-state index in [2.05, 4.69) is 20.4 Å². The van der Waals surface area contributed by atoms with Crippen molar-refractivity contribution in [1.82, 2.24) is 15.1 Å². The Kier molecular flexibility index (Phi) is 7.41. The van der Waals surface area contributed by atoms with Crippen molar-refractivity contribution >= 4 is 23.2 Å². The van der Waals surface area contributed by atoms with Gasteiger partial charge in [0.2, 0.25) is 11.8 Å². The normalized spacial score (nSPS) is 15.7. The molecular weight excluding hydrogens is 330 g/mol. The molecule has 0 spiro atoms. The second-order valence-electron chi connectivity index (χ2n) is 7.26. The van der Waals surface area contributed by atoms with E-state index < -0.39 is 0 Å². The van der Waals surface area contributed by atoms with Gasteiger partial charge in [0.15, 0.2) is 0 Å². The van der Waals surface area contributed by atoms with E-state index in [0.29, 0.717) is 13.1 Å². The summed E-state index contributed by atoms with van der Waals surface area (Å²) in [7, 11) is 3.97. The van der Waals surface area contributed by atoms with Crippen molar-refractivity contribution in [1.29, 1.82) is 0 Å². The van der Waals surface area contributed by atoms with Gasteiger partial charge >= 0.3 is 0 Å². The Morgan fingerprint density at radius 2 is 1.46 bits per heavy atom. The van der Waals surface area contributed by atoms with Crippen LogP contribution in [0.5, 0.6) is 0 Å². The molecule has 1 aliphatic heterocycles. The Balaban J connectivity index is 1.71. The highest BCUT2D eigenvalue weighted by molar-refractivity contribution is 5.92. The number of nitrogens with one attached hydrogen (secondary N) is 2. The predicted octanol–water partition coefficient (Wildman–Crippen LogP) is 0.833. The number of hydrogen-bond acceptors (Lipinski definition) is 5. The van der Waals surface area contributed by atoms with Crippen LogP contribution in [0.4, 0.5) is 11.4 Å². The summed E-state index contributed by atoms with van der Waals surface area (Å²) in [5.41, 5.74) is 1.91. The highest BCUT2D eigenvalue weighted by Gasteiger charge is 2.20. The molecule has 2 N–H and O–H groups in total. The fraction of sp³-hybridized carbons (Fsp3) is 0.579. The molecule has 7 nitrogen and oxygen atoms in total. The van der Waals surface area contributed by atoms with Crippen LogP contribution in [0.2, 0.25) is 0 Å². The molecule has 1 heterocycles. The number of amides is 2. The second-order valence-corrected chi connectivity index (χ2v) is 7.26. The lowest BCUT2D eigenvalue weighted by Crippen LogP contribution is -2.51. The lowest BCUT2D eigenvalue weighted by atomic mass is 10.2. The van der Waals surface area contributed by atoms with E-state index in [9.17, 15) is 9.59 Å². The first-order valence-electron chi connectivity index (χ1n) is 9.15. The van der Waals surface area contributed by atoms with E-state index in [1.165, 1.54) is 0 Å². The molecule has 2 amide bonds. The Morgan fingerprint density at radius 1 is 0.962 bits per heavy atom. The molecule has 7 heteroatoms. The summed E-state index contributed by atoms with van der Waals surface area (Å²) >= 11 is 0. The molecule has 0 unspecified atom stereocenters. The largest absolute Gasteiger partial charge is 0.378 e. The maximum atomic E-state index is 12.2. The van der Waals surface area contributed by atoms with Crippen molar-refractivity contribution in [3.05, 3.63) is 24.3 Å². The number of rotatable bonds is 7. The van der Waals surface area contributed by atoms with Gasteiger partial charge in [-0.2, -0.15) is 0 Å². The molecule has 0 saturated carbocycles. The first-order chi connectivity index (χ1) is 12.3. The smallest absolute Gasteiger partial charge is 0.238 e. The van der Waals surface area contributed by atoms with Crippen LogP contribution in [0.3, 0.4) is 0 Å². The van der Waals surface area contributed by atoms with Gasteiger partial charge in [0.05, 0.1) is 13.1 Å². The van der Waals surface area contributed by atoms with Crippen molar-refractivity contribution < 1.29 is 9.59 Å². The van der Waals surface area contributed by atoms with Crippen LogP contribution in [0.15, 0.2) is 24.3 Å². The van der Waals surface area contributed by atoms with Crippen LogP contribution in [0.25, 0.3) is 0 Å². The van der Waals surface area contributed by atoms with Crippen molar-refractivity contribution in [2.75, 3.05) is 63.6 Å². The zero-order chi connectivity index (χ0) is 19.1. The van der Waals surface area contributed by atoms with E-state index >= 15 is 0 Å². The fourth-order valence-electron chi connectivity index (χ4n) is 2.92. The van der Waals surface area contributed by atoms with E-state index in [4.69, 9.17) is 0 Å². The SMILES string of the molecule is CC(C)NC(=O)CN1CCN(CC(=O)Nc2ccc(N(C)C)cc2)CC1. The van der Waals surface area contributed by atoms with E-state index in [-0.39, 0.29) is 17.9 Å². The zero-order valence-corrected chi connectivity index (χ0v) is 16.3. The van der Waals surface area contributed by atoms with Crippen LogP contribution in [0.1, 0.15) is 13.8 Å². The lowest BCUT2D eigenvalue weighted by molar-refractivity contribution is -0.124. The van der Waals surface area contributed by atoms with Gasteiger partial charge in [-0.1, -0.05) is 0 Å². The quantitative estimate of drug-likeness (QED) is 0.753. The highest BCUT2D eigenvalue weighted by Crippen LogP contribution is 2.15. The lowest BCUT2D eigenvalue weighted by Gasteiger charge is -2.33. The maximum absolute atomic E-state index is 12.2. The van der Waals surface area contributed by atoms with Crippen LogP contribution in [-0.2, 0) is 9.59 Å². The van der Waals surface area contributed by atoms with Crippen molar-refractivity contribution in [2.24, 2.45) is 0 Å². The summed E-state index contributed by atoms with van der Waals surface area (Å²) in [6, 6.07) is 7.96. The van der Waals surface area contributed by atoms with E-state index in [1.54, 1.807) is 0 Å². The topological polar surface area (TPSA) is 67.9 Å². The monoisotopic (exact) mass is 361 g/mol.